The van der Waals surface area contributed by atoms with Crippen molar-refractivity contribution >= 4 is 0 Å². The summed E-state index contributed by atoms with van der Waals surface area (Å²) in [6.45, 7) is 9.68. The van der Waals surface area contributed by atoms with E-state index in [4.69, 9.17) is 14.9 Å². The second kappa shape index (κ2) is 20.8. The van der Waals surface area contributed by atoms with E-state index < -0.39 is 0 Å². The van der Waals surface area contributed by atoms with Gasteiger partial charge >= 0.3 is 0 Å². The average molecular weight is 321 g/mol. The van der Waals surface area contributed by atoms with Crippen LogP contribution in [-0.2, 0) is 9.47 Å². The lowest BCUT2D eigenvalue weighted by atomic mass is 10.1. The lowest BCUT2D eigenvalue weighted by Crippen LogP contribution is -2.21. The van der Waals surface area contributed by atoms with E-state index in [1.165, 1.54) is 51.4 Å². The molecule has 0 spiro atoms. The molecule has 0 heterocycles. The van der Waals surface area contributed by atoms with Gasteiger partial charge in [-0.3, -0.25) is 0 Å². The van der Waals surface area contributed by atoms with E-state index in [0.717, 1.165) is 0 Å². The molecule has 0 aromatic heterocycles. The highest BCUT2D eigenvalue weighted by Gasteiger charge is 2.12. The highest BCUT2D eigenvalue weighted by atomic mass is 16.5. The van der Waals surface area contributed by atoms with Crippen molar-refractivity contribution in [3.63, 3.8) is 0 Å². The minimum atomic E-state index is 0.0278. The third-order valence-corrected chi connectivity index (χ3v) is 3.53. The van der Waals surface area contributed by atoms with Gasteiger partial charge in [-0.05, 0) is 25.7 Å². The van der Waals surface area contributed by atoms with Gasteiger partial charge in [-0.25, -0.2) is 0 Å². The van der Waals surface area contributed by atoms with E-state index >= 15 is 0 Å². The van der Waals surface area contributed by atoms with Crippen LogP contribution in [0, 0.1) is 0 Å². The molecule has 136 valence electrons. The first-order valence-corrected chi connectivity index (χ1v) is 9.14. The third-order valence-electron chi connectivity index (χ3n) is 3.53. The Balaban J connectivity index is 0. The Morgan fingerprint density at radius 3 is 1.41 bits per heavy atom. The Morgan fingerprint density at radius 2 is 1.14 bits per heavy atom. The van der Waals surface area contributed by atoms with Crippen LogP contribution >= 0.6 is 0 Å². The fourth-order valence-corrected chi connectivity index (χ4v) is 2.10. The molecule has 0 fully saturated rings. The summed E-state index contributed by atoms with van der Waals surface area (Å²) in [6.07, 6.45) is 11.0. The lowest BCUT2D eigenvalue weighted by Gasteiger charge is -2.23. The van der Waals surface area contributed by atoms with Crippen molar-refractivity contribution in [1.82, 2.24) is 0 Å². The molecule has 0 saturated carbocycles. The molecule has 0 bridgehead atoms. The number of hydrogen-bond acceptors (Lipinski definition) is 4. The molecule has 0 aromatic carbocycles. The molecule has 0 radical (unpaired) electrons. The highest BCUT2D eigenvalue weighted by Crippen LogP contribution is 2.16. The molecule has 2 N–H and O–H groups in total. The maximum absolute atomic E-state index is 8.09. The number of unbranched alkanes of at least 4 members (excludes halogenated alkanes) is 2. The number of ether oxygens (including phenoxy) is 2. The number of rotatable bonds is 14. The molecule has 4 heteroatoms. The molecular weight excluding hydrogens is 280 g/mol. The Hall–Kier alpha value is -0.160. The average Bonchev–Trinajstić information content (AvgIpc) is 2.55. The summed E-state index contributed by atoms with van der Waals surface area (Å²) in [5.74, 6) is 0. The molecule has 0 amide bonds. The topological polar surface area (TPSA) is 58.9 Å². The van der Waals surface area contributed by atoms with Crippen LogP contribution in [0.1, 0.15) is 79.1 Å². The Morgan fingerprint density at radius 1 is 0.727 bits per heavy atom. The summed E-state index contributed by atoms with van der Waals surface area (Å²) in [7, 11) is 0. The molecule has 0 aliphatic rings. The second-order valence-corrected chi connectivity index (χ2v) is 5.54. The van der Waals surface area contributed by atoms with Crippen LogP contribution in [0.4, 0.5) is 0 Å². The molecular formula is C18H40O4. The number of aliphatic hydroxyl groups excluding tert-OH is 2. The van der Waals surface area contributed by atoms with Crippen molar-refractivity contribution in [2.24, 2.45) is 0 Å². The molecule has 2 unspecified atom stereocenters. The van der Waals surface area contributed by atoms with Gasteiger partial charge < -0.3 is 19.7 Å². The van der Waals surface area contributed by atoms with Crippen molar-refractivity contribution in [2.45, 2.75) is 91.3 Å². The monoisotopic (exact) mass is 320 g/mol. The predicted octanol–water partition coefficient (Wildman–Crippen LogP) is 3.93. The fourth-order valence-electron chi connectivity index (χ4n) is 2.10. The van der Waals surface area contributed by atoms with Crippen LogP contribution in [0.15, 0.2) is 0 Å². The van der Waals surface area contributed by atoms with Crippen LogP contribution in [0.2, 0.25) is 0 Å². The van der Waals surface area contributed by atoms with Gasteiger partial charge in [0, 0.05) is 0 Å². The van der Waals surface area contributed by atoms with Gasteiger partial charge in [0.05, 0.1) is 38.6 Å². The first-order chi connectivity index (χ1) is 10.7. The number of hydrogen-bond donors (Lipinski definition) is 2. The van der Waals surface area contributed by atoms with E-state index in [2.05, 4.69) is 32.4 Å². The van der Waals surface area contributed by atoms with Gasteiger partial charge in [-0.1, -0.05) is 53.4 Å². The summed E-state index contributed by atoms with van der Waals surface area (Å²) in [5.41, 5.74) is 0. The summed E-state index contributed by atoms with van der Waals surface area (Å²) in [4.78, 5) is 0. The van der Waals surface area contributed by atoms with E-state index in [0.29, 0.717) is 25.4 Å². The van der Waals surface area contributed by atoms with Crippen molar-refractivity contribution < 1.29 is 19.7 Å². The summed E-state index contributed by atoms with van der Waals surface area (Å²) in [6, 6.07) is 0. The fraction of sp³-hybridized carbons (Fsp3) is 1.00. The van der Waals surface area contributed by atoms with E-state index in [-0.39, 0.29) is 13.2 Å². The van der Waals surface area contributed by atoms with Gasteiger partial charge in [0.2, 0.25) is 0 Å². The standard InChI is InChI=1S/C14H30O.C4H10O3/c1-5-9-11-13(7-3)15-14(8-4)12-10-6-2;5-1-3-7-4-2-6/h13-14H,5-12H2,1-4H3;5-6H,1-4H2. The Labute approximate surface area is 138 Å². The maximum Gasteiger partial charge on any atom is 0.0698 e. The van der Waals surface area contributed by atoms with Crippen LogP contribution in [0.5, 0.6) is 0 Å². The third kappa shape index (κ3) is 17.9. The van der Waals surface area contributed by atoms with E-state index in [1.807, 2.05) is 0 Å². The SMILES string of the molecule is CCCCC(CC)OC(CC)CCCC.OCCOCCO. The van der Waals surface area contributed by atoms with Gasteiger partial charge in [0.1, 0.15) is 0 Å². The lowest BCUT2D eigenvalue weighted by molar-refractivity contribution is -0.0253. The van der Waals surface area contributed by atoms with Crippen LogP contribution < -0.4 is 0 Å². The van der Waals surface area contributed by atoms with Crippen molar-refractivity contribution in [2.75, 3.05) is 26.4 Å². The van der Waals surface area contributed by atoms with Gasteiger partial charge in [0.15, 0.2) is 0 Å². The summed E-state index contributed by atoms with van der Waals surface area (Å²) in [5, 5.41) is 16.2. The normalized spacial score (nSPS) is 13.4. The van der Waals surface area contributed by atoms with Gasteiger partial charge in [-0.15, -0.1) is 0 Å². The zero-order valence-corrected chi connectivity index (χ0v) is 15.4. The first-order valence-electron chi connectivity index (χ1n) is 9.14. The summed E-state index contributed by atoms with van der Waals surface area (Å²) < 4.78 is 10.8. The molecule has 0 aromatic rings. The van der Waals surface area contributed by atoms with Crippen LogP contribution in [-0.4, -0.2) is 48.8 Å². The van der Waals surface area contributed by atoms with Gasteiger partial charge in [0.25, 0.3) is 0 Å². The molecule has 0 rings (SSSR count). The molecule has 0 aliphatic carbocycles. The van der Waals surface area contributed by atoms with E-state index in [1.54, 1.807) is 0 Å². The minimum Gasteiger partial charge on any atom is -0.394 e. The molecule has 0 aliphatic heterocycles. The second-order valence-electron chi connectivity index (χ2n) is 5.54. The quantitative estimate of drug-likeness (QED) is 0.476. The first kappa shape index (κ1) is 24.1. The van der Waals surface area contributed by atoms with Gasteiger partial charge in [-0.2, -0.15) is 0 Å². The molecule has 0 saturated heterocycles. The largest absolute Gasteiger partial charge is 0.394 e. The maximum atomic E-state index is 8.09. The highest BCUT2D eigenvalue weighted by molar-refractivity contribution is 4.62. The summed E-state index contributed by atoms with van der Waals surface area (Å²) >= 11 is 0. The van der Waals surface area contributed by atoms with Crippen LogP contribution in [0.25, 0.3) is 0 Å². The van der Waals surface area contributed by atoms with Crippen molar-refractivity contribution in [3.05, 3.63) is 0 Å². The van der Waals surface area contributed by atoms with Crippen molar-refractivity contribution in [1.29, 1.82) is 0 Å². The number of aliphatic hydroxyl groups is 2. The predicted molar refractivity (Wildman–Crippen MR) is 93.3 cm³/mol. The zero-order valence-electron chi connectivity index (χ0n) is 15.4. The van der Waals surface area contributed by atoms with Crippen molar-refractivity contribution in [3.8, 4) is 0 Å². The Kier molecular flexibility index (Phi) is 22.8. The smallest absolute Gasteiger partial charge is 0.0698 e. The molecule has 4 nitrogen and oxygen atoms in total. The molecule has 2 atom stereocenters. The zero-order chi connectivity index (χ0) is 17.1. The molecule has 22 heavy (non-hydrogen) atoms. The van der Waals surface area contributed by atoms with E-state index in [9.17, 15) is 0 Å². The Bertz CT molecular complexity index is 170. The minimum absolute atomic E-state index is 0.0278. The van der Waals surface area contributed by atoms with Crippen LogP contribution in [0.3, 0.4) is 0 Å².